The van der Waals surface area contributed by atoms with Gasteiger partial charge in [-0.2, -0.15) is 0 Å². The topological polar surface area (TPSA) is 50.4 Å². The van der Waals surface area contributed by atoms with E-state index in [1.165, 1.54) is 12.8 Å². The van der Waals surface area contributed by atoms with Gasteiger partial charge in [0.25, 0.3) is 5.91 Å². The van der Waals surface area contributed by atoms with Crippen molar-refractivity contribution in [2.24, 2.45) is 0 Å². The first-order valence-corrected chi connectivity index (χ1v) is 10.9. The highest BCUT2D eigenvalue weighted by Gasteiger charge is 2.13. The molecule has 1 amide bonds. The third-order valence-electron chi connectivity index (χ3n) is 3.88. The molecule has 0 aliphatic heterocycles. The van der Waals surface area contributed by atoms with Crippen LogP contribution in [-0.4, -0.2) is 17.6 Å². The van der Waals surface area contributed by atoms with Crippen molar-refractivity contribution in [2.75, 3.05) is 11.9 Å². The van der Waals surface area contributed by atoms with Gasteiger partial charge in [0.1, 0.15) is 5.75 Å². The molecule has 0 aliphatic rings. The molecule has 0 heterocycles. The molecule has 0 aromatic heterocycles. The van der Waals surface area contributed by atoms with E-state index in [0.717, 1.165) is 12.8 Å². The Morgan fingerprint density at radius 1 is 1.14 bits per heavy atom. The van der Waals surface area contributed by atoms with Crippen LogP contribution >= 0.6 is 51.3 Å². The quantitative estimate of drug-likeness (QED) is 0.305. The number of thiocarbonyl (C=S) groups is 1. The molecule has 0 spiro atoms. The monoisotopic (exact) mass is 502 g/mol. The van der Waals surface area contributed by atoms with Gasteiger partial charge in [0.2, 0.25) is 0 Å². The number of rotatable bonds is 8. The number of anilines is 1. The molecule has 0 saturated heterocycles. The molecule has 0 radical (unpaired) electrons. The molecule has 8 heteroatoms. The Balaban J connectivity index is 1.93. The van der Waals surface area contributed by atoms with Crippen molar-refractivity contribution in [3.05, 3.63) is 56.5 Å². The number of amides is 1. The number of para-hydroxylation sites is 1. The van der Waals surface area contributed by atoms with Crippen LogP contribution < -0.4 is 15.4 Å². The number of hydrogen-bond donors (Lipinski definition) is 2. The SMILES string of the molecule is CCCCCCOc1ccc(C(=O)NC(=S)Nc2c(Cl)cccc2Cl)cc1Br. The number of carbonyl (C=O) groups excluding carboxylic acids is 1. The Morgan fingerprint density at radius 2 is 1.86 bits per heavy atom. The van der Waals surface area contributed by atoms with Crippen molar-refractivity contribution in [2.45, 2.75) is 32.6 Å². The van der Waals surface area contributed by atoms with Crippen LogP contribution in [0.3, 0.4) is 0 Å². The number of halogens is 3. The summed E-state index contributed by atoms with van der Waals surface area (Å²) in [4.78, 5) is 12.4. The third-order valence-corrected chi connectivity index (χ3v) is 5.33. The molecule has 0 bridgehead atoms. The van der Waals surface area contributed by atoms with Crippen LogP contribution in [0.15, 0.2) is 40.9 Å². The van der Waals surface area contributed by atoms with E-state index in [1.54, 1.807) is 36.4 Å². The average molecular weight is 504 g/mol. The minimum absolute atomic E-state index is 0.104. The molecule has 2 aromatic rings. The molecular formula is C20H21BrCl2N2O2S. The second-order valence-electron chi connectivity index (χ2n) is 6.06. The van der Waals surface area contributed by atoms with Gasteiger partial charge in [0.05, 0.1) is 26.8 Å². The van der Waals surface area contributed by atoms with E-state index in [0.29, 0.717) is 38.1 Å². The van der Waals surface area contributed by atoms with Gasteiger partial charge < -0.3 is 10.1 Å². The van der Waals surface area contributed by atoms with Gasteiger partial charge >= 0.3 is 0 Å². The number of benzene rings is 2. The van der Waals surface area contributed by atoms with E-state index in [1.807, 2.05) is 0 Å². The zero-order valence-corrected chi connectivity index (χ0v) is 19.3. The zero-order chi connectivity index (χ0) is 20.5. The number of carbonyl (C=O) groups is 1. The third kappa shape index (κ3) is 6.92. The molecule has 2 rings (SSSR count). The second kappa shape index (κ2) is 11.6. The van der Waals surface area contributed by atoms with Crippen LogP contribution in [0.2, 0.25) is 10.0 Å². The molecule has 0 aliphatic carbocycles. The molecular weight excluding hydrogens is 483 g/mol. The lowest BCUT2D eigenvalue weighted by atomic mass is 10.2. The fraction of sp³-hybridized carbons (Fsp3) is 0.300. The summed E-state index contributed by atoms with van der Waals surface area (Å²) in [5.41, 5.74) is 0.892. The minimum Gasteiger partial charge on any atom is -0.492 e. The minimum atomic E-state index is -0.351. The fourth-order valence-corrected chi connectivity index (χ4v) is 3.59. The zero-order valence-electron chi connectivity index (χ0n) is 15.4. The maximum absolute atomic E-state index is 12.4. The number of hydrogen-bond acceptors (Lipinski definition) is 3. The van der Waals surface area contributed by atoms with Crippen molar-refractivity contribution in [3.8, 4) is 5.75 Å². The molecule has 0 fully saturated rings. The molecule has 4 nitrogen and oxygen atoms in total. The van der Waals surface area contributed by atoms with E-state index in [-0.39, 0.29) is 11.0 Å². The molecule has 0 saturated carbocycles. The van der Waals surface area contributed by atoms with Crippen LogP contribution in [0.1, 0.15) is 43.0 Å². The lowest BCUT2D eigenvalue weighted by molar-refractivity contribution is 0.0977. The predicted molar refractivity (Wildman–Crippen MR) is 124 cm³/mol. The van der Waals surface area contributed by atoms with Gasteiger partial charge in [0.15, 0.2) is 5.11 Å². The molecule has 150 valence electrons. The van der Waals surface area contributed by atoms with E-state index < -0.39 is 0 Å². The smallest absolute Gasteiger partial charge is 0.257 e. The first kappa shape index (κ1) is 22.9. The van der Waals surface area contributed by atoms with E-state index in [9.17, 15) is 4.79 Å². The van der Waals surface area contributed by atoms with E-state index >= 15 is 0 Å². The number of nitrogens with one attached hydrogen (secondary N) is 2. The lowest BCUT2D eigenvalue weighted by Crippen LogP contribution is -2.34. The number of ether oxygens (including phenoxy) is 1. The molecule has 0 atom stereocenters. The summed E-state index contributed by atoms with van der Waals surface area (Å²) in [5, 5.41) is 6.39. The largest absolute Gasteiger partial charge is 0.492 e. The normalized spacial score (nSPS) is 10.4. The summed E-state index contributed by atoms with van der Waals surface area (Å²) in [6.45, 7) is 2.82. The van der Waals surface area contributed by atoms with Gasteiger partial charge in [-0.25, -0.2) is 0 Å². The molecule has 2 aromatic carbocycles. The van der Waals surface area contributed by atoms with Crippen molar-refractivity contribution in [1.29, 1.82) is 0 Å². The lowest BCUT2D eigenvalue weighted by Gasteiger charge is -2.13. The first-order valence-electron chi connectivity index (χ1n) is 8.91. The standard InChI is InChI=1S/C20H21BrCl2N2O2S/c1-2-3-4-5-11-27-17-10-9-13(12-14(17)21)19(26)25-20(28)24-18-15(22)7-6-8-16(18)23/h6-10,12H,2-5,11H2,1H3,(H2,24,25,26,28). The highest BCUT2D eigenvalue weighted by molar-refractivity contribution is 9.10. The van der Waals surface area contributed by atoms with Crippen molar-refractivity contribution >= 4 is 68.1 Å². The highest BCUT2D eigenvalue weighted by atomic mass is 79.9. The summed E-state index contributed by atoms with van der Waals surface area (Å²) in [5.74, 6) is 0.354. The Bertz CT molecular complexity index is 829. The van der Waals surface area contributed by atoms with Crippen LogP contribution in [0.25, 0.3) is 0 Å². The molecule has 2 N–H and O–H groups in total. The summed E-state index contributed by atoms with van der Waals surface area (Å²) >= 11 is 20.8. The summed E-state index contributed by atoms with van der Waals surface area (Å²) in [6, 6.07) is 10.2. The average Bonchev–Trinajstić information content (AvgIpc) is 2.65. The van der Waals surface area contributed by atoms with Crippen LogP contribution in [-0.2, 0) is 0 Å². The van der Waals surface area contributed by atoms with Gasteiger partial charge in [-0.15, -0.1) is 0 Å². The summed E-state index contributed by atoms with van der Waals surface area (Å²) in [6.07, 6.45) is 4.55. The van der Waals surface area contributed by atoms with E-state index in [2.05, 4.69) is 33.5 Å². The predicted octanol–water partition coefficient (Wildman–Crippen LogP) is 6.84. The Labute approximate surface area is 189 Å². The van der Waals surface area contributed by atoms with Gasteiger partial charge in [0, 0.05) is 5.56 Å². The highest BCUT2D eigenvalue weighted by Crippen LogP contribution is 2.30. The van der Waals surface area contributed by atoms with Crippen molar-refractivity contribution < 1.29 is 9.53 Å². The first-order chi connectivity index (χ1) is 13.4. The van der Waals surface area contributed by atoms with Gasteiger partial charge in [-0.3, -0.25) is 10.1 Å². The van der Waals surface area contributed by atoms with Crippen LogP contribution in [0.4, 0.5) is 5.69 Å². The van der Waals surface area contributed by atoms with Gasteiger partial charge in [-0.05, 0) is 64.9 Å². The Morgan fingerprint density at radius 3 is 2.50 bits per heavy atom. The Kier molecular flexibility index (Phi) is 9.51. The molecule has 28 heavy (non-hydrogen) atoms. The van der Waals surface area contributed by atoms with Crippen molar-refractivity contribution in [1.82, 2.24) is 5.32 Å². The van der Waals surface area contributed by atoms with E-state index in [4.69, 9.17) is 40.2 Å². The maximum atomic E-state index is 12.4. The molecule has 0 unspecified atom stereocenters. The van der Waals surface area contributed by atoms with Crippen LogP contribution in [0, 0.1) is 0 Å². The van der Waals surface area contributed by atoms with Gasteiger partial charge in [-0.1, -0.05) is 55.5 Å². The second-order valence-corrected chi connectivity index (χ2v) is 8.14. The number of unbranched alkanes of at least 4 members (excludes halogenated alkanes) is 3. The van der Waals surface area contributed by atoms with Crippen molar-refractivity contribution in [3.63, 3.8) is 0 Å². The fourth-order valence-electron chi connectivity index (χ4n) is 2.41. The summed E-state index contributed by atoms with van der Waals surface area (Å²) < 4.78 is 6.47. The summed E-state index contributed by atoms with van der Waals surface area (Å²) in [7, 11) is 0. The van der Waals surface area contributed by atoms with Crippen LogP contribution in [0.5, 0.6) is 5.75 Å². The Hall–Kier alpha value is -1.34. The maximum Gasteiger partial charge on any atom is 0.257 e.